The van der Waals surface area contributed by atoms with Crippen LogP contribution in [0.15, 0.2) is 30.3 Å². The number of hydrogen-bond donors (Lipinski definition) is 2. The van der Waals surface area contributed by atoms with Gasteiger partial charge in [-0.15, -0.1) is 0 Å². The Morgan fingerprint density at radius 2 is 1.69 bits per heavy atom. The third kappa shape index (κ3) is 5.25. The molecule has 2 rings (SSSR count). The summed E-state index contributed by atoms with van der Waals surface area (Å²) < 4.78 is 10.6. The quantitative estimate of drug-likeness (QED) is 0.590. The molecule has 0 aliphatic rings. The van der Waals surface area contributed by atoms with Crippen molar-refractivity contribution in [2.75, 3.05) is 26.0 Å². The van der Waals surface area contributed by atoms with Crippen molar-refractivity contribution in [3.05, 3.63) is 47.0 Å². The van der Waals surface area contributed by atoms with Crippen molar-refractivity contribution < 1.29 is 29.0 Å². The van der Waals surface area contributed by atoms with Crippen LogP contribution in [0.5, 0.6) is 17.2 Å². The summed E-state index contributed by atoms with van der Waals surface area (Å²) in [5.74, 6) is -1.38. The zero-order chi connectivity index (χ0) is 21.7. The maximum absolute atomic E-state index is 12.2. The maximum atomic E-state index is 12.2. The molecule has 8 nitrogen and oxygen atoms in total. The summed E-state index contributed by atoms with van der Waals surface area (Å²) in [4.78, 5) is 36.8. The molecule has 0 aliphatic heterocycles. The molecule has 0 spiro atoms. The zero-order valence-electron chi connectivity index (χ0n) is 17.0. The maximum Gasteiger partial charge on any atom is 0.397 e. The fraction of sp³-hybridized carbons (Fsp3) is 0.286. The molecule has 0 fully saturated rings. The molecule has 0 aliphatic carbocycles. The summed E-state index contributed by atoms with van der Waals surface area (Å²) in [5, 5.41) is 12.4. The van der Waals surface area contributed by atoms with E-state index in [9.17, 15) is 19.5 Å². The van der Waals surface area contributed by atoms with Crippen molar-refractivity contribution >= 4 is 23.5 Å². The molecule has 2 aromatic carbocycles. The number of hydrogen-bond acceptors (Lipinski definition) is 6. The molecule has 0 atom stereocenters. The van der Waals surface area contributed by atoms with Crippen molar-refractivity contribution in [1.29, 1.82) is 0 Å². The first-order valence-electron chi connectivity index (χ1n) is 8.95. The minimum absolute atomic E-state index is 0.113. The number of carbonyl (C=O) groups is 3. The number of amides is 2. The molecule has 0 saturated heterocycles. The van der Waals surface area contributed by atoms with Gasteiger partial charge in [-0.05, 0) is 62.2 Å². The fourth-order valence-corrected chi connectivity index (χ4v) is 2.67. The lowest BCUT2D eigenvalue weighted by molar-refractivity contribution is -0.152. The number of aryl methyl sites for hydroxylation is 2. The van der Waals surface area contributed by atoms with Crippen molar-refractivity contribution in [3.63, 3.8) is 0 Å². The van der Waals surface area contributed by atoms with E-state index in [1.54, 1.807) is 53.1 Å². The van der Waals surface area contributed by atoms with Crippen LogP contribution < -0.4 is 10.1 Å². The van der Waals surface area contributed by atoms with Gasteiger partial charge in [0.05, 0.1) is 12.2 Å². The fourth-order valence-electron chi connectivity index (χ4n) is 2.67. The highest BCUT2D eigenvalue weighted by Gasteiger charge is 2.18. The van der Waals surface area contributed by atoms with E-state index < -0.39 is 11.9 Å². The van der Waals surface area contributed by atoms with Crippen LogP contribution in [0.1, 0.15) is 28.4 Å². The lowest BCUT2D eigenvalue weighted by Crippen LogP contribution is -2.25. The van der Waals surface area contributed by atoms with E-state index >= 15 is 0 Å². The number of phenolic OH excluding ortho intramolecular Hbond substituents is 1. The van der Waals surface area contributed by atoms with Gasteiger partial charge in [-0.2, -0.15) is 0 Å². The summed E-state index contributed by atoms with van der Waals surface area (Å²) >= 11 is 0. The molecule has 0 unspecified atom stereocenters. The summed E-state index contributed by atoms with van der Waals surface area (Å²) in [6.45, 7) is 5.30. The predicted molar refractivity (Wildman–Crippen MR) is 107 cm³/mol. The lowest BCUT2D eigenvalue weighted by atomic mass is 10.1. The minimum atomic E-state index is -0.953. The van der Waals surface area contributed by atoms with Crippen molar-refractivity contribution in [3.8, 4) is 17.2 Å². The van der Waals surface area contributed by atoms with Crippen LogP contribution in [0.25, 0.3) is 0 Å². The van der Waals surface area contributed by atoms with Crippen molar-refractivity contribution in [2.24, 2.45) is 0 Å². The molecule has 2 amide bonds. The van der Waals surface area contributed by atoms with Crippen LogP contribution in [-0.4, -0.2) is 48.5 Å². The van der Waals surface area contributed by atoms with Gasteiger partial charge in [0.2, 0.25) is 0 Å². The van der Waals surface area contributed by atoms with Crippen LogP contribution in [0, 0.1) is 13.8 Å². The Hall–Kier alpha value is -3.55. The van der Waals surface area contributed by atoms with E-state index in [2.05, 4.69) is 10.1 Å². The number of carbonyl (C=O) groups excluding carboxylic acids is 3. The number of esters is 1. The summed E-state index contributed by atoms with van der Waals surface area (Å²) in [6.07, 6.45) is 0. The molecular formula is C21H24N2O6. The van der Waals surface area contributed by atoms with Gasteiger partial charge in [-0.25, -0.2) is 4.79 Å². The Bertz CT molecular complexity index is 929. The third-order valence-electron chi connectivity index (χ3n) is 4.00. The van der Waals surface area contributed by atoms with Gasteiger partial charge >= 0.3 is 11.9 Å². The number of nitrogens with zero attached hydrogens (tertiary/aromatic N) is 1. The molecule has 8 heteroatoms. The van der Waals surface area contributed by atoms with Gasteiger partial charge in [0.1, 0.15) is 17.2 Å². The molecule has 0 bridgehead atoms. The van der Waals surface area contributed by atoms with Crippen LogP contribution in [0.3, 0.4) is 0 Å². The highest BCUT2D eigenvalue weighted by atomic mass is 16.5. The summed E-state index contributed by atoms with van der Waals surface area (Å²) in [5.41, 5.74) is 1.97. The summed E-state index contributed by atoms with van der Waals surface area (Å²) in [7, 11) is 3.18. The number of nitrogens with one attached hydrogen (secondary N) is 1. The van der Waals surface area contributed by atoms with Gasteiger partial charge in [-0.3, -0.25) is 9.59 Å². The SMILES string of the molecule is CCOC(=O)C(=O)Nc1cc(C)c(Oc2ccc(O)c(C(=O)N(C)C)c2)c(C)c1. The lowest BCUT2D eigenvalue weighted by Gasteiger charge is -2.16. The zero-order valence-corrected chi connectivity index (χ0v) is 17.0. The average molecular weight is 400 g/mol. The number of ether oxygens (including phenoxy) is 2. The minimum Gasteiger partial charge on any atom is -0.507 e. The number of benzene rings is 2. The second kappa shape index (κ2) is 9.09. The first-order valence-corrected chi connectivity index (χ1v) is 8.95. The number of anilines is 1. The molecule has 2 aromatic rings. The van der Waals surface area contributed by atoms with E-state index in [4.69, 9.17) is 4.74 Å². The van der Waals surface area contributed by atoms with Gasteiger partial charge in [0, 0.05) is 19.8 Å². The second-order valence-corrected chi connectivity index (χ2v) is 6.59. The van der Waals surface area contributed by atoms with Gasteiger partial charge in [0.25, 0.3) is 5.91 Å². The highest BCUT2D eigenvalue weighted by molar-refractivity contribution is 6.37. The molecule has 0 radical (unpaired) electrons. The van der Waals surface area contributed by atoms with Crippen molar-refractivity contribution in [2.45, 2.75) is 20.8 Å². The van der Waals surface area contributed by atoms with Crippen LogP contribution in [0.4, 0.5) is 5.69 Å². The van der Waals surface area contributed by atoms with E-state index in [-0.39, 0.29) is 23.8 Å². The molecule has 2 N–H and O–H groups in total. The Balaban J connectivity index is 2.27. The third-order valence-corrected chi connectivity index (χ3v) is 4.00. The van der Waals surface area contributed by atoms with Crippen LogP contribution >= 0.6 is 0 Å². The Labute approximate surface area is 169 Å². The topological polar surface area (TPSA) is 105 Å². The Kier molecular flexibility index (Phi) is 6.82. The normalized spacial score (nSPS) is 10.2. The second-order valence-electron chi connectivity index (χ2n) is 6.59. The van der Waals surface area contributed by atoms with Gasteiger partial charge in [-0.1, -0.05) is 0 Å². The first kappa shape index (κ1) is 21.7. The predicted octanol–water partition coefficient (Wildman–Crippen LogP) is 3.00. The molecular weight excluding hydrogens is 376 g/mol. The monoisotopic (exact) mass is 400 g/mol. The van der Waals surface area contributed by atoms with Crippen LogP contribution in [-0.2, 0) is 14.3 Å². The summed E-state index contributed by atoms with van der Waals surface area (Å²) in [6, 6.07) is 7.73. The highest BCUT2D eigenvalue weighted by Crippen LogP contribution is 2.33. The molecule has 154 valence electrons. The van der Waals surface area contributed by atoms with Gasteiger partial charge in [0.15, 0.2) is 0 Å². The largest absolute Gasteiger partial charge is 0.507 e. The van der Waals surface area contributed by atoms with E-state index in [1.807, 2.05) is 0 Å². The number of rotatable bonds is 5. The van der Waals surface area contributed by atoms with E-state index in [1.165, 1.54) is 17.0 Å². The standard InChI is InChI=1S/C21H24N2O6/c1-6-28-21(27)19(25)22-14-9-12(2)18(13(3)10-14)29-15-7-8-17(24)16(11-15)20(26)23(4)5/h7-11,24H,6H2,1-5H3,(H,22,25). The molecule has 29 heavy (non-hydrogen) atoms. The molecule has 0 aromatic heterocycles. The Morgan fingerprint density at radius 3 is 2.24 bits per heavy atom. The first-order chi connectivity index (χ1) is 13.6. The number of aromatic hydroxyl groups is 1. The average Bonchev–Trinajstić information content (AvgIpc) is 2.65. The Morgan fingerprint density at radius 1 is 1.07 bits per heavy atom. The van der Waals surface area contributed by atoms with Crippen molar-refractivity contribution in [1.82, 2.24) is 4.90 Å². The van der Waals surface area contributed by atoms with Gasteiger partial charge < -0.3 is 24.8 Å². The van der Waals surface area contributed by atoms with E-state index in [0.717, 1.165) is 0 Å². The van der Waals surface area contributed by atoms with E-state index in [0.29, 0.717) is 28.3 Å². The van der Waals surface area contributed by atoms with Crippen LogP contribution in [0.2, 0.25) is 0 Å². The smallest absolute Gasteiger partial charge is 0.397 e. The number of phenols is 1. The molecule has 0 saturated carbocycles. The molecule has 0 heterocycles.